The molecule has 132 valence electrons. The van der Waals surface area contributed by atoms with Crippen LogP contribution in [0.3, 0.4) is 0 Å². The molecule has 3 rings (SSSR count). The molecule has 2 atom stereocenters. The summed E-state index contributed by atoms with van der Waals surface area (Å²) in [6, 6.07) is 16.6. The van der Waals surface area contributed by atoms with Gasteiger partial charge in [0.1, 0.15) is 6.04 Å². The number of benzene rings is 2. The summed E-state index contributed by atoms with van der Waals surface area (Å²) in [4.78, 5) is 15.3. The maximum atomic E-state index is 11.9. The minimum atomic E-state index is -0.710. The van der Waals surface area contributed by atoms with Crippen molar-refractivity contribution in [1.82, 2.24) is 4.90 Å². The molecule has 0 amide bonds. The number of thioether (sulfide) groups is 1. The summed E-state index contributed by atoms with van der Waals surface area (Å²) >= 11 is 1.72. The number of rotatable bonds is 5. The van der Waals surface area contributed by atoms with Crippen molar-refractivity contribution in [3.8, 4) is 0 Å². The van der Waals surface area contributed by atoms with Gasteiger partial charge in [-0.3, -0.25) is 9.69 Å². The van der Waals surface area contributed by atoms with E-state index in [1.165, 1.54) is 16.0 Å². The number of piperidine rings is 1. The molecule has 0 saturated carbocycles. The number of carboxylic acids is 1. The first-order chi connectivity index (χ1) is 12.1. The van der Waals surface area contributed by atoms with Gasteiger partial charge in [-0.05, 0) is 55.8 Å². The summed E-state index contributed by atoms with van der Waals surface area (Å²) < 4.78 is 0. The van der Waals surface area contributed by atoms with E-state index in [2.05, 4.69) is 66.6 Å². The Morgan fingerprint density at radius 1 is 1.16 bits per heavy atom. The van der Waals surface area contributed by atoms with E-state index in [0.29, 0.717) is 0 Å². The molecule has 3 nitrogen and oxygen atoms in total. The Labute approximate surface area is 154 Å². The van der Waals surface area contributed by atoms with Crippen molar-refractivity contribution >= 4 is 17.7 Å². The monoisotopic (exact) mass is 355 g/mol. The van der Waals surface area contributed by atoms with Crippen molar-refractivity contribution in [3.63, 3.8) is 0 Å². The Balaban J connectivity index is 2.05. The molecule has 2 aromatic carbocycles. The lowest BCUT2D eigenvalue weighted by Crippen LogP contribution is -2.46. The second-order valence-corrected chi connectivity index (χ2v) is 7.56. The first-order valence-corrected chi connectivity index (χ1v) is 10.0. The maximum Gasteiger partial charge on any atom is 0.320 e. The van der Waals surface area contributed by atoms with E-state index in [0.717, 1.165) is 31.4 Å². The molecule has 1 aliphatic heterocycles. The number of aliphatic carboxylic acids is 1. The lowest BCUT2D eigenvalue weighted by molar-refractivity contribution is -0.145. The summed E-state index contributed by atoms with van der Waals surface area (Å²) in [6.45, 7) is 2.90. The van der Waals surface area contributed by atoms with Crippen LogP contribution in [0.15, 0.2) is 53.4 Å². The van der Waals surface area contributed by atoms with Crippen LogP contribution in [0.2, 0.25) is 0 Å². The molecule has 1 saturated heterocycles. The van der Waals surface area contributed by atoms with Crippen molar-refractivity contribution in [3.05, 3.63) is 65.2 Å². The molecule has 4 heteroatoms. The van der Waals surface area contributed by atoms with Gasteiger partial charge in [0.15, 0.2) is 0 Å². The van der Waals surface area contributed by atoms with Gasteiger partial charge in [-0.2, -0.15) is 0 Å². The summed E-state index contributed by atoms with van der Waals surface area (Å²) in [5, 5.41) is 9.74. The zero-order valence-corrected chi connectivity index (χ0v) is 15.6. The number of likely N-dealkylation sites (tertiary alicyclic amines) is 1. The lowest BCUT2D eigenvalue weighted by atomic mass is 9.91. The average molecular weight is 356 g/mol. The minimum absolute atomic E-state index is 0.0165. The zero-order valence-electron chi connectivity index (χ0n) is 14.8. The number of hydrogen-bond acceptors (Lipinski definition) is 3. The maximum absolute atomic E-state index is 11.9. The fourth-order valence-corrected chi connectivity index (χ4v) is 4.14. The molecule has 25 heavy (non-hydrogen) atoms. The summed E-state index contributed by atoms with van der Waals surface area (Å²) in [5.41, 5.74) is 3.54. The average Bonchev–Trinajstić information content (AvgIpc) is 2.63. The third-order valence-corrected chi connectivity index (χ3v) is 5.69. The van der Waals surface area contributed by atoms with Crippen LogP contribution in [-0.4, -0.2) is 34.8 Å². The smallest absolute Gasteiger partial charge is 0.320 e. The van der Waals surface area contributed by atoms with E-state index in [-0.39, 0.29) is 6.04 Å². The molecular weight excluding hydrogens is 330 g/mol. The van der Waals surface area contributed by atoms with Crippen LogP contribution in [0.1, 0.15) is 42.0 Å². The van der Waals surface area contributed by atoms with Crippen LogP contribution in [0.4, 0.5) is 0 Å². The molecule has 0 aromatic heterocycles. The number of hydrogen-bond donors (Lipinski definition) is 1. The quantitative estimate of drug-likeness (QED) is 0.786. The van der Waals surface area contributed by atoms with Crippen LogP contribution >= 0.6 is 11.8 Å². The first-order valence-electron chi connectivity index (χ1n) is 8.79. The Bertz CT molecular complexity index is 729. The normalized spacial score (nSPS) is 19.5. The molecule has 0 aliphatic carbocycles. The van der Waals surface area contributed by atoms with Crippen molar-refractivity contribution in [2.75, 3.05) is 12.8 Å². The van der Waals surface area contributed by atoms with Gasteiger partial charge in [-0.1, -0.05) is 48.4 Å². The SMILES string of the molecule is CSc1ccc(C(c2cccc(C)c2)N2CCCCC2C(=O)O)cc1. The predicted octanol–water partition coefficient (Wildman–Crippen LogP) is 4.75. The van der Waals surface area contributed by atoms with E-state index in [9.17, 15) is 9.90 Å². The fraction of sp³-hybridized carbons (Fsp3) is 0.381. The molecule has 2 aromatic rings. The topological polar surface area (TPSA) is 40.5 Å². The van der Waals surface area contributed by atoms with E-state index in [4.69, 9.17) is 0 Å². The van der Waals surface area contributed by atoms with Crippen LogP contribution in [-0.2, 0) is 4.79 Å². The van der Waals surface area contributed by atoms with Gasteiger partial charge >= 0.3 is 5.97 Å². The Kier molecular flexibility index (Phi) is 5.82. The van der Waals surface area contributed by atoms with E-state index in [1.54, 1.807) is 11.8 Å². The lowest BCUT2D eigenvalue weighted by Gasteiger charge is -2.39. The van der Waals surface area contributed by atoms with Crippen molar-refractivity contribution < 1.29 is 9.90 Å². The van der Waals surface area contributed by atoms with E-state index < -0.39 is 12.0 Å². The highest BCUT2D eigenvalue weighted by Crippen LogP contribution is 2.35. The third kappa shape index (κ3) is 4.07. The molecule has 1 N–H and O–H groups in total. The van der Waals surface area contributed by atoms with Gasteiger partial charge in [0.25, 0.3) is 0 Å². The van der Waals surface area contributed by atoms with Crippen LogP contribution in [0.5, 0.6) is 0 Å². The van der Waals surface area contributed by atoms with E-state index >= 15 is 0 Å². The third-order valence-electron chi connectivity index (χ3n) is 4.95. The first kappa shape index (κ1) is 18.0. The molecule has 1 fully saturated rings. The molecule has 0 bridgehead atoms. The van der Waals surface area contributed by atoms with Crippen molar-refractivity contribution in [2.45, 2.75) is 43.2 Å². The molecular formula is C21H25NO2S. The van der Waals surface area contributed by atoms with Gasteiger partial charge in [0.2, 0.25) is 0 Å². The van der Waals surface area contributed by atoms with Gasteiger partial charge in [0.05, 0.1) is 6.04 Å². The highest BCUT2D eigenvalue weighted by atomic mass is 32.2. The highest BCUT2D eigenvalue weighted by Gasteiger charge is 2.35. The Morgan fingerprint density at radius 3 is 2.56 bits per heavy atom. The van der Waals surface area contributed by atoms with Crippen LogP contribution in [0, 0.1) is 6.92 Å². The molecule has 2 unspecified atom stereocenters. The molecule has 1 aliphatic rings. The van der Waals surface area contributed by atoms with Gasteiger partial charge in [0, 0.05) is 4.90 Å². The minimum Gasteiger partial charge on any atom is -0.480 e. The largest absolute Gasteiger partial charge is 0.480 e. The second-order valence-electron chi connectivity index (χ2n) is 6.68. The molecule has 0 radical (unpaired) electrons. The zero-order chi connectivity index (χ0) is 17.8. The van der Waals surface area contributed by atoms with Gasteiger partial charge in [-0.25, -0.2) is 0 Å². The summed E-state index contributed by atoms with van der Waals surface area (Å²) in [6.07, 6.45) is 4.83. The molecule has 1 heterocycles. The fourth-order valence-electron chi connectivity index (χ4n) is 3.73. The number of aryl methyl sites for hydroxylation is 1. The van der Waals surface area contributed by atoms with Crippen LogP contribution < -0.4 is 0 Å². The van der Waals surface area contributed by atoms with Crippen molar-refractivity contribution in [2.24, 2.45) is 0 Å². The predicted molar refractivity (Wildman–Crippen MR) is 103 cm³/mol. The Hall–Kier alpha value is -1.78. The summed E-state index contributed by atoms with van der Waals surface area (Å²) in [5.74, 6) is -0.710. The molecule has 0 spiro atoms. The Morgan fingerprint density at radius 2 is 1.92 bits per heavy atom. The number of nitrogens with zero attached hydrogens (tertiary/aromatic N) is 1. The van der Waals surface area contributed by atoms with Crippen molar-refractivity contribution in [1.29, 1.82) is 0 Å². The number of carboxylic acid groups (broad SMARTS) is 1. The van der Waals surface area contributed by atoms with Gasteiger partial charge in [-0.15, -0.1) is 11.8 Å². The highest BCUT2D eigenvalue weighted by molar-refractivity contribution is 7.98. The van der Waals surface area contributed by atoms with E-state index in [1.807, 2.05) is 0 Å². The number of carbonyl (C=O) groups is 1. The summed E-state index contributed by atoms with van der Waals surface area (Å²) in [7, 11) is 0. The van der Waals surface area contributed by atoms with Gasteiger partial charge < -0.3 is 5.11 Å². The van der Waals surface area contributed by atoms with Crippen LogP contribution in [0.25, 0.3) is 0 Å². The second kappa shape index (κ2) is 8.07. The standard InChI is InChI=1S/C21H25NO2S/c1-15-6-5-7-17(14-15)20(16-9-11-18(25-2)12-10-16)22-13-4-3-8-19(22)21(23)24/h5-7,9-12,14,19-20H,3-4,8,13H2,1-2H3,(H,23,24).